The quantitative estimate of drug-likeness (QED) is 0.666. The van der Waals surface area contributed by atoms with Crippen LogP contribution in [0.25, 0.3) is 0 Å². The molecular formula is C24H24F2N2O5. The number of ether oxygens (including phenoxy) is 1. The minimum absolute atomic E-state index is 0.247. The van der Waals surface area contributed by atoms with Crippen molar-refractivity contribution in [3.05, 3.63) is 69.9 Å². The van der Waals surface area contributed by atoms with Gasteiger partial charge in [-0.1, -0.05) is 0 Å². The molecule has 2 aromatic carbocycles. The number of nitrogens with zero attached hydrogens (tertiary/aromatic N) is 2. The molecule has 9 heteroatoms. The Bertz CT molecular complexity index is 1130. The highest BCUT2D eigenvalue weighted by Crippen LogP contribution is 2.40. The zero-order valence-corrected chi connectivity index (χ0v) is 18.1. The molecule has 2 N–H and O–H groups in total. The number of rotatable bonds is 5. The fourth-order valence-corrected chi connectivity index (χ4v) is 4.67. The maximum Gasteiger partial charge on any atom is 0.352 e. The zero-order chi connectivity index (χ0) is 23.7. The summed E-state index contributed by atoms with van der Waals surface area (Å²) < 4.78 is 33.3. The molecule has 0 unspecified atom stereocenters. The molecule has 0 bridgehead atoms. The summed E-state index contributed by atoms with van der Waals surface area (Å²) in [6.45, 7) is 3.99. The van der Waals surface area contributed by atoms with Crippen molar-refractivity contribution in [2.75, 3.05) is 31.1 Å². The van der Waals surface area contributed by atoms with Crippen LogP contribution in [0.1, 0.15) is 22.3 Å². The van der Waals surface area contributed by atoms with Gasteiger partial charge in [0.25, 0.3) is 0 Å². The number of aliphatic carboxylic acids is 2. The van der Waals surface area contributed by atoms with Gasteiger partial charge in [-0.2, -0.15) is 0 Å². The van der Waals surface area contributed by atoms with E-state index in [4.69, 9.17) is 9.84 Å². The van der Waals surface area contributed by atoms with Gasteiger partial charge in [-0.15, -0.1) is 0 Å². The Labute approximate surface area is 189 Å². The van der Waals surface area contributed by atoms with E-state index in [2.05, 4.69) is 0 Å². The molecule has 0 saturated carbocycles. The van der Waals surface area contributed by atoms with Crippen LogP contribution in [0, 0.1) is 18.6 Å². The molecule has 174 valence electrons. The minimum atomic E-state index is -1.31. The standard InChI is InChI=1S/C24H24F2N2O5/c1-14-19-3-5-27(20(24(31)32)12-22(29)30)4-2-16(19)10-21-23(14)28(6-7-33-21)13-15-8-17(25)11-18(26)9-15/h8-12H,2-7,13H2,1H3,(H,29,30)(H,31,32)/b20-12-. The van der Waals surface area contributed by atoms with Crippen LogP contribution in [0.15, 0.2) is 36.0 Å². The number of fused-ring (bicyclic) bond motifs is 2. The van der Waals surface area contributed by atoms with Gasteiger partial charge in [-0.3, -0.25) is 0 Å². The largest absolute Gasteiger partial charge is 0.490 e. The number of hydrogen-bond acceptors (Lipinski definition) is 5. The maximum atomic E-state index is 13.7. The first-order chi connectivity index (χ1) is 15.7. The second kappa shape index (κ2) is 9.09. The van der Waals surface area contributed by atoms with Gasteiger partial charge >= 0.3 is 11.9 Å². The molecule has 4 rings (SSSR count). The number of carboxylic acids is 2. The van der Waals surface area contributed by atoms with Crippen LogP contribution in [0.5, 0.6) is 5.75 Å². The van der Waals surface area contributed by atoms with Crippen LogP contribution < -0.4 is 9.64 Å². The highest BCUT2D eigenvalue weighted by Gasteiger charge is 2.28. The van der Waals surface area contributed by atoms with Crippen LogP contribution >= 0.6 is 0 Å². The van der Waals surface area contributed by atoms with Gasteiger partial charge in [0, 0.05) is 25.7 Å². The van der Waals surface area contributed by atoms with E-state index >= 15 is 0 Å². The monoisotopic (exact) mass is 458 g/mol. The summed E-state index contributed by atoms with van der Waals surface area (Å²) in [5.41, 5.74) is 4.18. The van der Waals surface area contributed by atoms with Crippen molar-refractivity contribution in [3.8, 4) is 5.75 Å². The molecule has 2 aliphatic rings. The Morgan fingerprint density at radius 3 is 2.42 bits per heavy atom. The van der Waals surface area contributed by atoms with Crippen LogP contribution in [0.2, 0.25) is 0 Å². The first-order valence-corrected chi connectivity index (χ1v) is 10.6. The van der Waals surface area contributed by atoms with Gasteiger partial charge in [0.1, 0.15) is 29.7 Å². The van der Waals surface area contributed by atoms with Crippen molar-refractivity contribution in [2.24, 2.45) is 0 Å². The lowest BCUT2D eigenvalue weighted by molar-refractivity contribution is -0.136. The van der Waals surface area contributed by atoms with E-state index in [1.54, 1.807) is 4.90 Å². The summed E-state index contributed by atoms with van der Waals surface area (Å²) in [6.07, 6.45) is 1.78. The topological polar surface area (TPSA) is 90.3 Å². The number of carbonyl (C=O) groups is 2. The van der Waals surface area contributed by atoms with Crippen molar-refractivity contribution in [1.82, 2.24) is 4.90 Å². The molecule has 33 heavy (non-hydrogen) atoms. The predicted octanol–water partition coefficient (Wildman–Crippen LogP) is 3.13. The Balaban J connectivity index is 1.65. The highest BCUT2D eigenvalue weighted by atomic mass is 19.1. The predicted molar refractivity (Wildman–Crippen MR) is 116 cm³/mol. The van der Waals surface area contributed by atoms with Gasteiger partial charge in [-0.25, -0.2) is 18.4 Å². The number of benzene rings is 2. The minimum Gasteiger partial charge on any atom is -0.490 e. The lowest BCUT2D eigenvalue weighted by atomic mass is 9.94. The number of anilines is 1. The van der Waals surface area contributed by atoms with Crippen molar-refractivity contribution >= 4 is 17.6 Å². The fraction of sp³-hybridized carbons (Fsp3) is 0.333. The third-order valence-electron chi connectivity index (χ3n) is 6.07. The van der Waals surface area contributed by atoms with Crippen molar-refractivity contribution in [2.45, 2.75) is 26.3 Å². The molecule has 0 aromatic heterocycles. The van der Waals surface area contributed by atoms with Gasteiger partial charge in [0.05, 0.1) is 18.3 Å². The second-order valence-electron chi connectivity index (χ2n) is 8.19. The average Bonchev–Trinajstić information content (AvgIpc) is 2.94. The number of hydrogen-bond donors (Lipinski definition) is 2. The van der Waals surface area contributed by atoms with Crippen molar-refractivity contribution in [3.63, 3.8) is 0 Å². The number of halogens is 2. The van der Waals surface area contributed by atoms with E-state index in [-0.39, 0.29) is 5.70 Å². The second-order valence-corrected chi connectivity index (χ2v) is 8.19. The van der Waals surface area contributed by atoms with Crippen molar-refractivity contribution < 1.29 is 33.3 Å². The normalized spacial score (nSPS) is 15.9. The summed E-state index contributed by atoms with van der Waals surface area (Å²) in [5, 5.41) is 18.5. The molecule has 2 aliphatic heterocycles. The van der Waals surface area contributed by atoms with Crippen LogP contribution in [0.3, 0.4) is 0 Å². The van der Waals surface area contributed by atoms with E-state index in [0.717, 1.165) is 34.5 Å². The molecule has 7 nitrogen and oxygen atoms in total. The molecule has 0 fully saturated rings. The molecule has 0 atom stereocenters. The van der Waals surface area contributed by atoms with E-state index in [0.29, 0.717) is 56.9 Å². The third kappa shape index (κ3) is 4.76. The van der Waals surface area contributed by atoms with Gasteiger partial charge in [-0.05, 0) is 60.2 Å². The lowest BCUT2D eigenvalue weighted by Crippen LogP contribution is -2.33. The molecule has 0 spiro atoms. The average molecular weight is 458 g/mol. The lowest BCUT2D eigenvalue weighted by Gasteiger charge is -2.34. The first kappa shape index (κ1) is 22.6. The maximum absolute atomic E-state index is 13.7. The Kier molecular flexibility index (Phi) is 6.22. The first-order valence-electron chi connectivity index (χ1n) is 10.6. The molecule has 0 aliphatic carbocycles. The van der Waals surface area contributed by atoms with Gasteiger partial charge in [0.15, 0.2) is 0 Å². The molecule has 0 radical (unpaired) electrons. The Morgan fingerprint density at radius 2 is 1.76 bits per heavy atom. The summed E-state index contributed by atoms with van der Waals surface area (Å²) in [5.74, 6) is -3.15. The van der Waals surface area contributed by atoms with E-state index in [1.165, 1.54) is 12.1 Å². The zero-order valence-electron chi connectivity index (χ0n) is 18.1. The highest BCUT2D eigenvalue weighted by molar-refractivity contribution is 5.94. The summed E-state index contributed by atoms with van der Waals surface area (Å²) in [4.78, 5) is 26.3. The SMILES string of the molecule is Cc1c2c(cc3c1N(Cc1cc(F)cc(F)c1)CCO3)CCN(/C(=C\C(=O)O)C(=O)O)CC2. The van der Waals surface area contributed by atoms with Gasteiger partial charge in [0.2, 0.25) is 0 Å². The van der Waals surface area contributed by atoms with E-state index < -0.39 is 23.6 Å². The Morgan fingerprint density at radius 1 is 1.06 bits per heavy atom. The van der Waals surface area contributed by atoms with Crippen molar-refractivity contribution in [1.29, 1.82) is 0 Å². The fourth-order valence-electron chi connectivity index (χ4n) is 4.67. The van der Waals surface area contributed by atoms with Crippen LogP contribution in [0.4, 0.5) is 14.5 Å². The molecule has 2 heterocycles. The summed E-state index contributed by atoms with van der Waals surface area (Å²) in [6, 6.07) is 5.42. The summed E-state index contributed by atoms with van der Waals surface area (Å²) >= 11 is 0. The molecule has 0 amide bonds. The Hall–Kier alpha value is -3.62. The third-order valence-corrected chi connectivity index (χ3v) is 6.07. The molecule has 0 saturated heterocycles. The number of carboxylic acid groups (broad SMARTS) is 2. The van der Waals surface area contributed by atoms with E-state index in [1.807, 2.05) is 17.9 Å². The molecular weight excluding hydrogens is 434 g/mol. The molecule has 2 aromatic rings. The van der Waals surface area contributed by atoms with Crippen LogP contribution in [-0.2, 0) is 29.0 Å². The summed E-state index contributed by atoms with van der Waals surface area (Å²) in [7, 11) is 0. The smallest absolute Gasteiger partial charge is 0.352 e. The van der Waals surface area contributed by atoms with Gasteiger partial charge < -0.3 is 24.7 Å². The van der Waals surface area contributed by atoms with Crippen LogP contribution in [-0.4, -0.2) is 53.3 Å². The van der Waals surface area contributed by atoms with E-state index in [9.17, 15) is 23.5 Å².